The molecule has 0 bridgehead atoms. The first-order valence-corrected chi connectivity index (χ1v) is 15.8. The number of hydrogen-bond donors (Lipinski definition) is 1. The number of rotatable bonds is 7. The number of allylic oxidation sites excluding steroid dienone is 2. The summed E-state index contributed by atoms with van der Waals surface area (Å²) in [5, 5.41) is 4.04. The smallest absolute Gasteiger partial charge is 0.462 e. The summed E-state index contributed by atoms with van der Waals surface area (Å²) in [5.41, 5.74) is 3.35. The SMILES string of the molecule is CCCCC(=O)O[C@H]1CC[C@H]2[C@@H]3CC=C4c5sc(Nc6ccc(OC(F)(F)F)cc6)nc5CC[C@]4(C)[C@H]3CC[C@]12C. The van der Waals surface area contributed by atoms with Crippen LogP contribution < -0.4 is 10.1 Å². The molecule has 1 heterocycles. The third kappa shape index (κ3) is 5.28. The van der Waals surface area contributed by atoms with Crippen LogP contribution in [0.1, 0.15) is 89.1 Å². The Hall–Kier alpha value is -2.55. The van der Waals surface area contributed by atoms with Gasteiger partial charge in [-0.05, 0) is 104 Å². The molecule has 0 spiro atoms. The van der Waals surface area contributed by atoms with Crippen molar-refractivity contribution in [2.24, 2.45) is 28.6 Å². The van der Waals surface area contributed by atoms with E-state index in [0.717, 1.165) is 68.6 Å². The zero-order valence-corrected chi connectivity index (χ0v) is 24.8. The number of hydrogen-bond acceptors (Lipinski definition) is 6. The molecule has 4 aliphatic carbocycles. The van der Waals surface area contributed by atoms with E-state index in [1.54, 1.807) is 23.5 Å². The van der Waals surface area contributed by atoms with Crippen LogP contribution in [0.15, 0.2) is 30.3 Å². The molecular formula is C32H39F3N2O3S. The van der Waals surface area contributed by atoms with Crippen molar-refractivity contribution in [3.63, 3.8) is 0 Å². The zero-order valence-electron chi connectivity index (χ0n) is 24.0. The molecule has 6 rings (SSSR count). The van der Waals surface area contributed by atoms with Gasteiger partial charge in [0, 0.05) is 17.5 Å². The first kappa shape index (κ1) is 28.6. The summed E-state index contributed by atoms with van der Waals surface area (Å²) >= 11 is 1.64. The normalized spacial score (nSPS) is 32.2. The van der Waals surface area contributed by atoms with Crippen LogP contribution in [-0.4, -0.2) is 23.4 Å². The number of ether oxygens (including phenoxy) is 2. The largest absolute Gasteiger partial charge is 0.573 e. The maximum atomic E-state index is 12.5. The van der Waals surface area contributed by atoms with Crippen molar-refractivity contribution in [1.29, 1.82) is 0 Å². The lowest BCUT2D eigenvalue weighted by Crippen LogP contribution is -2.50. The minimum atomic E-state index is -4.71. The molecule has 222 valence electrons. The molecule has 0 amide bonds. The average molecular weight is 589 g/mol. The standard InChI is InChI=1S/C32H39F3N2O3S/c1-4-5-6-27(38)39-26-14-13-22-21-11-12-24-28-25(16-18-30(24,2)23(21)15-17-31(22,26)3)37-29(41-28)36-19-7-9-20(10-8-19)40-32(33,34)35/h7-10,12,21-23,26H,4-6,11,13-18H2,1-3H3,(H,36,37)/t21-,22-,23-,26-,30+,31-/m0/s1. The Labute approximate surface area is 243 Å². The second kappa shape index (κ2) is 10.6. The van der Waals surface area contributed by atoms with Crippen molar-refractivity contribution in [2.45, 2.75) is 97.4 Å². The molecule has 1 N–H and O–H groups in total. The maximum absolute atomic E-state index is 12.5. The fourth-order valence-electron chi connectivity index (χ4n) is 8.48. The van der Waals surface area contributed by atoms with Gasteiger partial charge in [-0.1, -0.05) is 44.6 Å². The maximum Gasteiger partial charge on any atom is 0.573 e. The summed E-state index contributed by atoms with van der Waals surface area (Å²) < 4.78 is 47.6. The van der Waals surface area contributed by atoms with Gasteiger partial charge in [-0.15, -0.1) is 13.2 Å². The molecule has 9 heteroatoms. The third-order valence-corrected chi connectivity index (χ3v) is 11.6. The summed E-state index contributed by atoms with van der Waals surface area (Å²) in [5.74, 6) is 1.50. The first-order chi connectivity index (χ1) is 19.5. The Morgan fingerprint density at radius 1 is 1.12 bits per heavy atom. The van der Waals surface area contributed by atoms with Crippen molar-refractivity contribution >= 4 is 33.7 Å². The predicted molar refractivity (Wildman–Crippen MR) is 154 cm³/mol. The zero-order chi connectivity index (χ0) is 29.0. The van der Waals surface area contributed by atoms with Crippen LogP contribution in [-0.2, 0) is 16.0 Å². The average Bonchev–Trinajstić information content (AvgIpc) is 3.47. The molecule has 2 fully saturated rings. The fraction of sp³-hybridized carbons (Fsp3) is 0.625. The van der Waals surface area contributed by atoms with Gasteiger partial charge in [0.25, 0.3) is 0 Å². The number of thiazole rings is 1. The van der Waals surface area contributed by atoms with Crippen molar-refractivity contribution in [2.75, 3.05) is 5.32 Å². The minimum Gasteiger partial charge on any atom is -0.462 e. The number of fused-ring (bicyclic) bond motifs is 7. The third-order valence-electron chi connectivity index (χ3n) is 10.5. The molecular weight excluding hydrogens is 549 g/mol. The Bertz CT molecular complexity index is 1320. The summed E-state index contributed by atoms with van der Waals surface area (Å²) in [6.07, 6.45) is 7.62. The highest BCUT2D eigenvalue weighted by molar-refractivity contribution is 7.16. The number of esters is 1. The lowest BCUT2D eigenvalue weighted by Gasteiger charge is -2.56. The molecule has 2 aromatic rings. The van der Waals surface area contributed by atoms with E-state index < -0.39 is 6.36 Å². The van der Waals surface area contributed by atoms with E-state index in [1.807, 2.05) is 0 Å². The lowest BCUT2D eigenvalue weighted by molar-refractivity contribution is -0.274. The summed E-state index contributed by atoms with van der Waals surface area (Å²) in [7, 11) is 0. The lowest BCUT2D eigenvalue weighted by atomic mass is 9.48. The number of anilines is 2. The van der Waals surface area contributed by atoms with Crippen molar-refractivity contribution in [3.05, 3.63) is 40.9 Å². The minimum absolute atomic E-state index is 0.0290. The molecule has 4 aliphatic rings. The summed E-state index contributed by atoms with van der Waals surface area (Å²) in [4.78, 5) is 18.6. The number of aryl methyl sites for hydroxylation is 1. The van der Waals surface area contributed by atoms with Crippen molar-refractivity contribution < 1.29 is 27.4 Å². The van der Waals surface area contributed by atoms with Crippen LogP contribution in [0.2, 0.25) is 0 Å². The second-order valence-corrected chi connectivity index (χ2v) is 13.8. The summed E-state index contributed by atoms with van der Waals surface area (Å²) in [6, 6.07) is 5.76. The van der Waals surface area contributed by atoms with E-state index in [2.05, 4.69) is 36.9 Å². The van der Waals surface area contributed by atoms with Gasteiger partial charge in [0.15, 0.2) is 5.13 Å². The van der Waals surface area contributed by atoms with Gasteiger partial charge < -0.3 is 14.8 Å². The van der Waals surface area contributed by atoms with Gasteiger partial charge in [0.05, 0.1) is 10.6 Å². The van der Waals surface area contributed by atoms with Crippen LogP contribution in [0, 0.1) is 28.6 Å². The molecule has 2 saturated carbocycles. The first-order valence-electron chi connectivity index (χ1n) is 15.0. The highest BCUT2D eigenvalue weighted by Gasteiger charge is 2.60. The molecule has 6 atom stereocenters. The topological polar surface area (TPSA) is 60.5 Å². The van der Waals surface area contributed by atoms with Crippen molar-refractivity contribution in [3.8, 4) is 5.75 Å². The van der Waals surface area contributed by atoms with Gasteiger partial charge in [-0.25, -0.2) is 4.98 Å². The number of aromatic nitrogens is 1. The number of unbranched alkanes of at least 4 members (excludes halogenated alkanes) is 1. The fourth-order valence-corrected chi connectivity index (χ4v) is 9.69. The molecule has 0 unspecified atom stereocenters. The van der Waals surface area contributed by atoms with Gasteiger partial charge in [-0.2, -0.15) is 0 Å². The van der Waals surface area contributed by atoms with Gasteiger partial charge in [-0.3, -0.25) is 4.79 Å². The number of nitrogens with one attached hydrogen (secondary N) is 1. The summed E-state index contributed by atoms with van der Waals surface area (Å²) in [6.45, 7) is 6.93. The van der Waals surface area contributed by atoms with Gasteiger partial charge >= 0.3 is 12.3 Å². The number of halogens is 3. The number of carbonyl (C=O) groups excluding carboxylic acids is 1. The molecule has 5 nitrogen and oxygen atoms in total. The van der Waals surface area contributed by atoms with E-state index >= 15 is 0 Å². The molecule has 1 aromatic carbocycles. The molecule has 0 radical (unpaired) electrons. The van der Waals surface area contributed by atoms with Crippen molar-refractivity contribution in [1.82, 2.24) is 4.98 Å². The van der Waals surface area contributed by atoms with E-state index in [1.165, 1.54) is 22.6 Å². The van der Waals surface area contributed by atoms with Crippen LogP contribution in [0.25, 0.3) is 5.57 Å². The Balaban J connectivity index is 1.18. The number of alkyl halides is 3. The second-order valence-electron chi connectivity index (χ2n) is 12.8. The van der Waals surface area contributed by atoms with Crippen LogP contribution in [0.5, 0.6) is 5.75 Å². The highest BCUT2D eigenvalue weighted by atomic mass is 32.1. The highest BCUT2D eigenvalue weighted by Crippen LogP contribution is 2.66. The number of nitrogens with zero attached hydrogens (tertiary/aromatic N) is 1. The molecule has 41 heavy (non-hydrogen) atoms. The van der Waals surface area contributed by atoms with Gasteiger partial charge in [0.2, 0.25) is 0 Å². The number of carbonyl (C=O) groups is 1. The van der Waals surface area contributed by atoms with E-state index in [-0.39, 0.29) is 28.7 Å². The Morgan fingerprint density at radius 3 is 2.63 bits per heavy atom. The predicted octanol–water partition coefficient (Wildman–Crippen LogP) is 9.07. The quantitative estimate of drug-likeness (QED) is 0.327. The van der Waals surface area contributed by atoms with E-state index in [0.29, 0.717) is 29.9 Å². The van der Waals surface area contributed by atoms with Crippen LogP contribution >= 0.6 is 11.3 Å². The van der Waals surface area contributed by atoms with Gasteiger partial charge in [0.1, 0.15) is 11.9 Å². The molecule has 1 aromatic heterocycles. The number of benzene rings is 1. The monoisotopic (exact) mass is 588 g/mol. The van der Waals surface area contributed by atoms with E-state index in [4.69, 9.17) is 9.72 Å². The Kier molecular flexibility index (Phi) is 7.40. The van der Waals surface area contributed by atoms with Crippen LogP contribution in [0.4, 0.5) is 24.0 Å². The van der Waals surface area contributed by atoms with Crippen LogP contribution in [0.3, 0.4) is 0 Å². The molecule has 0 aliphatic heterocycles. The van der Waals surface area contributed by atoms with E-state index in [9.17, 15) is 18.0 Å². The molecule has 0 saturated heterocycles. The Morgan fingerprint density at radius 2 is 1.90 bits per heavy atom.